The summed E-state index contributed by atoms with van der Waals surface area (Å²) in [5.74, 6) is 1.70. The maximum atomic E-state index is 5.38. The molecule has 0 aliphatic heterocycles. The molecule has 1 N–H and O–H groups in total. The van der Waals surface area contributed by atoms with Gasteiger partial charge in [-0.15, -0.1) is 0 Å². The van der Waals surface area contributed by atoms with E-state index in [1.807, 2.05) is 18.2 Å². The van der Waals surface area contributed by atoms with E-state index in [2.05, 4.69) is 37.4 Å². The molecule has 0 saturated carbocycles. The molecule has 0 heterocycles. The van der Waals surface area contributed by atoms with Gasteiger partial charge in [0.05, 0.1) is 14.2 Å². The van der Waals surface area contributed by atoms with E-state index in [1.54, 1.807) is 14.2 Å². The Morgan fingerprint density at radius 1 is 0.900 bits per heavy atom. The molecule has 0 aliphatic carbocycles. The maximum absolute atomic E-state index is 5.38. The molecule has 3 nitrogen and oxygen atoms in total. The number of ether oxygens (including phenoxy) is 2. The molecule has 3 heteroatoms. The molecule has 0 unspecified atom stereocenters. The van der Waals surface area contributed by atoms with Crippen LogP contribution in [0.4, 0.5) is 5.69 Å². The number of methoxy groups -OCH3 is 2. The molecule has 2 rings (SSSR count). The van der Waals surface area contributed by atoms with Crippen molar-refractivity contribution in [3.8, 4) is 11.5 Å². The van der Waals surface area contributed by atoms with Crippen molar-refractivity contribution in [1.82, 2.24) is 0 Å². The quantitative estimate of drug-likeness (QED) is 0.893. The van der Waals surface area contributed by atoms with Crippen LogP contribution < -0.4 is 14.8 Å². The molecule has 0 aliphatic rings. The molecule has 0 saturated heterocycles. The molecule has 0 aromatic heterocycles. The first-order chi connectivity index (χ1) is 9.63. The fourth-order valence-electron chi connectivity index (χ4n) is 2.07. The average Bonchev–Trinajstić information content (AvgIpc) is 2.48. The number of aryl methyl sites for hydroxylation is 2. The lowest BCUT2D eigenvalue weighted by Gasteiger charge is -2.13. The molecule has 0 bridgehead atoms. The second-order valence-corrected chi connectivity index (χ2v) is 4.83. The fourth-order valence-corrected chi connectivity index (χ4v) is 2.07. The van der Waals surface area contributed by atoms with Crippen LogP contribution in [-0.2, 0) is 6.54 Å². The number of nitrogens with one attached hydrogen (secondary N) is 1. The fraction of sp³-hybridized carbons (Fsp3) is 0.294. The van der Waals surface area contributed by atoms with Crippen LogP contribution in [0.3, 0.4) is 0 Å². The summed E-state index contributed by atoms with van der Waals surface area (Å²) in [5.41, 5.74) is 4.77. The van der Waals surface area contributed by atoms with Gasteiger partial charge >= 0.3 is 0 Å². The van der Waals surface area contributed by atoms with Crippen LogP contribution in [-0.4, -0.2) is 14.2 Å². The minimum Gasteiger partial charge on any atom is -0.497 e. The molecule has 106 valence electrons. The van der Waals surface area contributed by atoms with E-state index in [9.17, 15) is 0 Å². The largest absolute Gasteiger partial charge is 0.497 e. The van der Waals surface area contributed by atoms with Crippen molar-refractivity contribution in [2.45, 2.75) is 20.4 Å². The number of benzene rings is 2. The van der Waals surface area contributed by atoms with Gasteiger partial charge in [-0.05, 0) is 55.3 Å². The van der Waals surface area contributed by atoms with Crippen LogP contribution in [0.1, 0.15) is 16.7 Å². The molecule has 2 aromatic carbocycles. The third-order valence-electron chi connectivity index (χ3n) is 3.48. The highest BCUT2D eigenvalue weighted by Gasteiger charge is 2.05. The van der Waals surface area contributed by atoms with Gasteiger partial charge in [-0.2, -0.15) is 0 Å². The second-order valence-electron chi connectivity index (χ2n) is 4.83. The van der Waals surface area contributed by atoms with Gasteiger partial charge < -0.3 is 14.8 Å². The molecule has 0 amide bonds. The van der Waals surface area contributed by atoms with Crippen molar-refractivity contribution in [1.29, 1.82) is 0 Å². The first-order valence-electron chi connectivity index (χ1n) is 6.66. The first-order valence-corrected chi connectivity index (χ1v) is 6.66. The minimum absolute atomic E-state index is 0.697. The Morgan fingerprint density at radius 2 is 1.70 bits per heavy atom. The van der Waals surface area contributed by atoms with Crippen LogP contribution in [0.25, 0.3) is 0 Å². The van der Waals surface area contributed by atoms with Crippen molar-refractivity contribution in [3.05, 3.63) is 53.1 Å². The Hall–Kier alpha value is -2.16. The van der Waals surface area contributed by atoms with Crippen molar-refractivity contribution in [2.24, 2.45) is 0 Å². The third kappa shape index (κ3) is 3.23. The number of hydrogen-bond donors (Lipinski definition) is 1. The van der Waals surface area contributed by atoms with Gasteiger partial charge in [0, 0.05) is 17.8 Å². The van der Waals surface area contributed by atoms with Gasteiger partial charge in [0.25, 0.3) is 0 Å². The van der Waals surface area contributed by atoms with Gasteiger partial charge in [0.2, 0.25) is 0 Å². The number of rotatable bonds is 5. The Bertz CT molecular complexity index is 594. The smallest absolute Gasteiger partial charge is 0.124 e. The van der Waals surface area contributed by atoms with Crippen molar-refractivity contribution in [2.75, 3.05) is 19.5 Å². The number of anilines is 1. The lowest BCUT2D eigenvalue weighted by atomic mass is 10.1. The summed E-state index contributed by atoms with van der Waals surface area (Å²) in [4.78, 5) is 0. The van der Waals surface area contributed by atoms with Gasteiger partial charge in [0.15, 0.2) is 0 Å². The van der Waals surface area contributed by atoms with Crippen LogP contribution in [0, 0.1) is 13.8 Å². The van der Waals surface area contributed by atoms with Crippen molar-refractivity contribution in [3.63, 3.8) is 0 Å². The minimum atomic E-state index is 0.697. The Kier molecular flexibility index (Phi) is 4.51. The zero-order valence-corrected chi connectivity index (χ0v) is 12.5. The van der Waals surface area contributed by atoms with Gasteiger partial charge in [-0.25, -0.2) is 0 Å². The molecule has 0 fully saturated rings. The predicted molar refractivity (Wildman–Crippen MR) is 82.8 cm³/mol. The van der Waals surface area contributed by atoms with E-state index in [4.69, 9.17) is 9.47 Å². The lowest BCUT2D eigenvalue weighted by Crippen LogP contribution is -2.02. The highest BCUT2D eigenvalue weighted by Crippen LogP contribution is 2.25. The molecule has 20 heavy (non-hydrogen) atoms. The molecular formula is C17H21NO2. The van der Waals surface area contributed by atoms with Gasteiger partial charge in [-0.1, -0.05) is 6.07 Å². The lowest BCUT2D eigenvalue weighted by molar-refractivity contribution is 0.399. The summed E-state index contributed by atoms with van der Waals surface area (Å²) >= 11 is 0. The standard InChI is InChI=1S/C17H21NO2/c1-12-5-6-15(9-13(12)2)18-11-14-10-16(19-3)7-8-17(14)20-4/h5-10,18H,11H2,1-4H3. The predicted octanol–water partition coefficient (Wildman–Crippen LogP) is 3.93. The topological polar surface area (TPSA) is 30.5 Å². The third-order valence-corrected chi connectivity index (χ3v) is 3.48. The monoisotopic (exact) mass is 271 g/mol. The summed E-state index contributed by atoms with van der Waals surface area (Å²) in [6, 6.07) is 12.2. The summed E-state index contributed by atoms with van der Waals surface area (Å²) in [6.07, 6.45) is 0. The zero-order valence-electron chi connectivity index (χ0n) is 12.5. The van der Waals surface area contributed by atoms with Crippen LogP contribution in [0.5, 0.6) is 11.5 Å². The van der Waals surface area contributed by atoms with E-state index in [0.717, 1.165) is 22.7 Å². The van der Waals surface area contributed by atoms with Crippen molar-refractivity contribution >= 4 is 5.69 Å². The molecule has 0 radical (unpaired) electrons. The summed E-state index contributed by atoms with van der Waals surface area (Å²) in [5, 5.41) is 3.42. The normalized spacial score (nSPS) is 10.2. The highest BCUT2D eigenvalue weighted by atomic mass is 16.5. The zero-order chi connectivity index (χ0) is 14.5. The highest BCUT2D eigenvalue weighted by molar-refractivity contribution is 5.50. The van der Waals surface area contributed by atoms with Crippen LogP contribution >= 0.6 is 0 Å². The summed E-state index contributed by atoms with van der Waals surface area (Å²) in [7, 11) is 3.35. The van der Waals surface area contributed by atoms with E-state index in [0.29, 0.717) is 6.54 Å². The number of hydrogen-bond acceptors (Lipinski definition) is 3. The van der Waals surface area contributed by atoms with E-state index >= 15 is 0 Å². The van der Waals surface area contributed by atoms with Crippen LogP contribution in [0.15, 0.2) is 36.4 Å². The molecule has 0 atom stereocenters. The molecule has 0 spiro atoms. The van der Waals surface area contributed by atoms with E-state index in [1.165, 1.54) is 11.1 Å². The van der Waals surface area contributed by atoms with E-state index < -0.39 is 0 Å². The Balaban J connectivity index is 2.15. The molecule has 2 aromatic rings. The first kappa shape index (κ1) is 14.3. The Morgan fingerprint density at radius 3 is 2.35 bits per heavy atom. The Labute approximate surface area is 120 Å². The van der Waals surface area contributed by atoms with E-state index in [-0.39, 0.29) is 0 Å². The van der Waals surface area contributed by atoms with Crippen LogP contribution in [0.2, 0.25) is 0 Å². The van der Waals surface area contributed by atoms with Crippen molar-refractivity contribution < 1.29 is 9.47 Å². The SMILES string of the molecule is COc1ccc(OC)c(CNc2ccc(C)c(C)c2)c1. The molecular weight excluding hydrogens is 250 g/mol. The second kappa shape index (κ2) is 6.33. The summed E-state index contributed by atoms with van der Waals surface area (Å²) in [6.45, 7) is 4.93. The van der Waals surface area contributed by atoms with Gasteiger partial charge in [0.1, 0.15) is 11.5 Å². The van der Waals surface area contributed by atoms with Gasteiger partial charge in [-0.3, -0.25) is 0 Å². The average molecular weight is 271 g/mol. The maximum Gasteiger partial charge on any atom is 0.124 e. The summed E-state index contributed by atoms with van der Waals surface area (Å²) < 4.78 is 10.6.